The summed E-state index contributed by atoms with van der Waals surface area (Å²) in [6.07, 6.45) is -4.46. The molecule has 0 fully saturated rings. The van der Waals surface area contributed by atoms with Crippen LogP contribution in [0.25, 0.3) is 10.8 Å². The number of alkyl halides is 4. The average Bonchev–Trinajstić information content (AvgIpc) is 2.75. The highest BCUT2D eigenvalue weighted by Gasteiger charge is 2.47. The summed E-state index contributed by atoms with van der Waals surface area (Å²) in [6.45, 7) is 0.177. The van der Waals surface area contributed by atoms with Crippen molar-refractivity contribution < 1.29 is 18.3 Å². The van der Waals surface area contributed by atoms with Gasteiger partial charge in [-0.1, -0.05) is 24.3 Å². The standard InChI is InChI=1S/C15H13ClF3NO/c1-20-7-10(14(16)15(17,18)19)13-9-5-3-2-4-8(9)12(21)6-11(13)20/h2-6,10,14,21H,7H2,1H3. The lowest BCUT2D eigenvalue weighted by Gasteiger charge is -2.21. The van der Waals surface area contributed by atoms with Crippen LogP contribution in [0.3, 0.4) is 0 Å². The Morgan fingerprint density at radius 1 is 1.29 bits per heavy atom. The Morgan fingerprint density at radius 3 is 2.52 bits per heavy atom. The molecule has 0 aromatic heterocycles. The Balaban J connectivity index is 2.25. The number of nitrogens with zero attached hydrogens (tertiary/aromatic N) is 1. The van der Waals surface area contributed by atoms with Crippen LogP contribution in [0.2, 0.25) is 0 Å². The zero-order valence-electron chi connectivity index (χ0n) is 11.2. The van der Waals surface area contributed by atoms with Crippen LogP contribution in [0.5, 0.6) is 5.75 Å². The Bertz CT molecular complexity index is 701. The molecular weight excluding hydrogens is 303 g/mol. The van der Waals surface area contributed by atoms with Crippen LogP contribution in [-0.4, -0.2) is 30.3 Å². The van der Waals surface area contributed by atoms with Gasteiger partial charge in [-0.25, -0.2) is 0 Å². The summed E-state index contributed by atoms with van der Waals surface area (Å²) in [4.78, 5) is 1.70. The van der Waals surface area contributed by atoms with Crippen LogP contribution in [0.1, 0.15) is 11.5 Å². The van der Waals surface area contributed by atoms with Crippen molar-refractivity contribution in [3.63, 3.8) is 0 Å². The van der Waals surface area contributed by atoms with Crippen molar-refractivity contribution in [2.45, 2.75) is 17.5 Å². The molecule has 2 atom stereocenters. The molecule has 2 unspecified atom stereocenters. The molecule has 1 aliphatic rings. The van der Waals surface area contributed by atoms with E-state index in [4.69, 9.17) is 11.6 Å². The van der Waals surface area contributed by atoms with Crippen molar-refractivity contribution in [2.75, 3.05) is 18.5 Å². The smallest absolute Gasteiger partial charge is 0.405 e. The fraction of sp³-hybridized carbons (Fsp3) is 0.333. The van der Waals surface area contributed by atoms with Crippen molar-refractivity contribution in [1.29, 1.82) is 0 Å². The molecule has 0 aliphatic carbocycles. The van der Waals surface area contributed by atoms with E-state index in [1.807, 2.05) is 0 Å². The molecule has 1 aliphatic heterocycles. The highest BCUT2D eigenvalue weighted by Crippen LogP contribution is 2.49. The number of phenols is 1. The van der Waals surface area contributed by atoms with E-state index in [0.717, 1.165) is 0 Å². The molecule has 112 valence electrons. The number of rotatable bonds is 1. The molecule has 0 saturated carbocycles. The number of hydrogen-bond donors (Lipinski definition) is 1. The summed E-state index contributed by atoms with van der Waals surface area (Å²) in [7, 11) is 1.70. The van der Waals surface area contributed by atoms with E-state index < -0.39 is 17.5 Å². The van der Waals surface area contributed by atoms with Gasteiger partial charge in [-0.3, -0.25) is 0 Å². The second-order valence-corrected chi connectivity index (χ2v) is 5.77. The van der Waals surface area contributed by atoms with Gasteiger partial charge in [-0.2, -0.15) is 13.2 Å². The van der Waals surface area contributed by atoms with E-state index >= 15 is 0 Å². The lowest BCUT2D eigenvalue weighted by atomic mass is 9.91. The summed E-state index contributed by atoms with van der Waals surface area (Å²) < 4.78 is 39.0. The Kier molecular flexibility index (Phi) is 3.20. The van der Waals surface area contributed by atoms with Crippen LogP contribution in [-0.2, 0) is 0 Å². The van der Waals surface area contributed by atoms with E-state index in [1.165, 1.54) is 6.07 Å². The zero-order valence-corrected chi connectivity index (χ0v) is 11.9. The molecule has 0 saturated heterocycles. The molecular formula is C15H13ClF3NO. The maximum Gasteiger partial charge on any atom is 0.405 e. The fourth-order valence-electron chi connectivity index (χ4n) is 3.02. The van der Waals surface area contributed by atoms with Gasteiger partial charge in [0.05, 0.1) is 0 Å². The number of halogens is 4. The van der Waals surface area contributed by atoms with Crippen LogP contribution >= 0.6 is 11.6 Å². The highest BCUT2D eigenvalue weighted by molar-refractivity contribution is 6.22. The molecule has 0 radical (unpaired) electrons. The van der Waals surface area contributed by atoms with Crippen LogP contribution in [0, 0.1) is 0 Å². The topological polar surface area (TPSA) is 23.5 Å². The molecule has 3 rings (SSSR count). The van der Waals surface area contributed by atoms with Gasteiger partial charge in [-0.15, -0.1) is 11.6 Å². The van der Waals surface area contributed by atoms with Gasteiger partial charge in [-0.05, 0) is 10.9 Å². The van der Waals surface area contributed by atoms with Crippen LogP contribution in [0.15, 0.2) is 30.3 Å². The second kappa shape index (κ2) is 4.70. The van der Waals surface area contributed by atoms with Gasteiger partial charge in [0.2, 0.25) is 0 Å². The largest absolute Gasteiger partial charge is 0.507 e. The lowest BCUT2D eigenvalue weighted by molar-refractivity contribution is -0.133. The van der Waals surface area contributed by atoms with E-state index in [0.29, 0.717) is 22.0 Å². The van der Waals surface area contributed by atoms with Crippen molar-refractivity contribution >= 4 is 28.1 Å². The van der Waals surface area contributed by atoms with E-state index in [-0.39, 0.29) is 12.3 Å². The summed E-state index contributed by atoms with van der Waals surface area (Å²) in [5.74, 6) is -0.785. The van der Waals surface area contributed by atoms with Gasteiger partial charge in [0, 0.05) is 36.7 Å². The SMILES string of the molecule is CN1CC(C(Cl)C(F)(F)F)c2c1cc(O)c1ccccc21. The first-order valence-electron chi connectivity index (χ1n) is 6.47. The molecule has 2 nitrogen and oxygen atoms in total. The third-order valence-electron chi connectivity index (χ3n) is 3.96. The predicted octanol–water partition coefficient (Wildman–Crippen LogP) is 4.25. The first-order valence-corrected chi connectivity index (χ1v) is 6.91. The van der Waals surface area contributed by atoms with Gasteiger partial charge in [0.15, 0.2) is 0 Å². The molecule has 0 amide bonds. The second-order valence-electron chi connectivity index (χ2n) is 5.30. The molecule has 6 heteroatoms. The normalized spacial score (nSPS) is 19.9. The predicted molar refractivity (Wildman–Crippen MR) is 77.3 cm³/mol. The Morgan fingerprint density at radius 2 is 1.90 bits per heavy atom. The zero-order chi connectivity index (χ0) is 15.4. The minimum absolute atomic E-state index is 0.0648. The van der Waals surface area contributed by atoms with Gasteiger partial charge in [0.25, 0.3) is 0 Å². The van der Waals surface area contributed by atoms with Crippen molar-refractivity contribution in [3.8, 4) is 5.75 Å². The summed E-state index contributed by atoms with van der Waals surface area (Å²) in [5.41, 5.74) is 1.16. The number of aromatic hydroxyl groups is 1. The Labute approximate surface area is 124 Å². The van der Waals surface area contributed by atoms with E-state index in [2.05, 4.69) is 0 Å². The monoisotopic (exact) mass is 315 g/mol. The van der Waals surface area contributed by atoms with Crippen molar-refractivity contribution in [2.24, 2.45) is 0 Å². The van der Waals surface area contributed by atoms with Crippen LogP contribution < -0.4 is 4.90 Å². The van der Waals surface area contributed by atoms with Crippen molar-refractivity contribution in [3.05, 3.63) is 35.9 Å². The molecule has 2 aromatic rings. The molecule has 2 aromatic carbocycles. The minimum Gasteiger partial charge on any atom is -0.507 e. The van der Waals surface area contributed by atoms with Gasteiger partial charge in [0.1, 0.15) is 11.1 Å². The number of anilines is 1. The fourth-order valence-corrected chi connectivity index (χ4v) is 3.23. The van der Waals surface area contributed by atoms with Crippen molar-refractivity contribution in [1.82, 2.24) is 0 Å². The first-order chi connectivity index (χ1) is 9.80. The quantitative estimate of drug-likeness (QED) is 0.795. The minimum atomic E-state index is -4.46. The maximum atomic E-state index is 13.0. The molecule has 21 heavy (non-hydrogen) atoms. The molecule has 1 N–H and O–H groups in total. The number of fused-ring (bicyclic) bond motifs is 3. The molecule has 1 heterocycles. The number of likely N-dealkylation sites (N-methyl/N-ethyl adjacent to an activating group) is 1. The summed E-state index contributed by atoms with van der Waals surface area (Å²) in [5, 5.41) is 9.27. The summed E-state index contributed by atoms with van der Waals surface area (Å²) >= 11 is 5.68. The first kappa shape index (κ1) is 14.3. The lowest BCUT2D eigenvalue weighted by Crippen LogP contribution is -2.32. The van der Waals surface area contributed by atoms with E-state index in [9.17, 15) is 18.3 Å². The van der Waals surface area contributed by atoms with E-state index in [1.54, 1.807) is 36.2 Å². The van der Waals surface area contributed by atoms with Crippen LogP contribution in [0.4, 0.5) is 18.9 Å². The van der Waals surface area contributed by atoms with Gasteiger partial charge >= 0.3 is 6.18 Å². The summed E-state index contributed by atoms with van der Waals surface area (Å²) in [6, 6.07) is 8.41. The number of phenolic OH excluding ortho intramolecular Hbond substituents is 1. The third-order valence-corrected chi connectivity index (χ3v) is 4.51. The molecule has 0 spiro atoms. The maximum absolute atomic E-state index is 13.0. The third kappa shape index (κ3) is 2.20. The number of hydrogen-bond acceptors (Lipinski definition) is 2. The highest BCUT2D eigenvalue weighted by atomic mass is 35.5. The molecule has 0 bridgehead atoms. The average molecular weight is 316 g/mol. The number of benzene rings is 2. The Hall–Kier alpha value is -1.62. The van der Waals surface area contributed by atoms with Gasteiger partial charge < -0.3 is 10.0 Å².